The summed E-state index contributed by atoms with van der Waals surface area (Å²) in [5, 5.41) is 12.5. The number of nitrogens with one attached hydrogen (secondary N) is 1. The highest BCUT2D eigenvalue weighted by atomic mass is 35.5. The maximum Gasteiger partial charge on any atom is 0.231 e. The summed E-state index contributed by atoms with van der Waals surface area (Å²) in [7, 11) is 0. The number of amides is 1. The molecule has 28 heavy (non-hydrogen) atoms. The van der Waals surface area contributed by atoms with Crippen molar-refractivity contribution >= 4 is 24.0 Å². The van der Waals surface area contributed by atoms with Crippen molar-refractivity contribution in [3.05, 3.63) is 71.0 Å². The Hall–Kier alpha value is -2.86. The zero-order valence-electron chi connectivity index (χ0n) is 15.7. The van der Waals surface area contributed by atoms with E-state index < -0.39 is 0 Å². The molecule has 3 aromatic rings. The lowest BCUT2D eigenvalue weighted by atomic mass is 9.81. The Morgan fingerprint density at radius 1 is 1.04 bits per heavy atom. The Balaban J connectivity index is 1.61. The largest absolute Gasteiger partial charge is 0.349 e. The van der Waals surface area contributed by atoms with Gasteiger partial charge in [0.2, 0.25) is 12.4 Å². The van der Waals surface area contributed by atoms with E-state index in [2.05, 4.69) is 32.5 Å². The number of anilines is 1. The third-order valence-electron chi connectivity index (χ3n) is 5.45. The summed E-state index contributed by atoms with van der Waals surface area (Å²) in [5.74, 6) is 1.64. The molecule has 0 spiro atoms. The summed E-state index contributed by atoms with van der Waals surface area (Å²) in [6.45, 7) is 3.47. The molecule has 2 aromatic carbocycles. The third kappa shape index (κ3) is 3.36. The molecule has 1 aliphatic rings. The van der Waals surface area contributed by atoms with Crippen LogP contribution in [0.15, 0.2) is 54.6 Å². The Morgan fingerprint density at radius 3 is 2.36 bits per heavy atom. The summed E-state index contributed by atoms with van der Waals surface area (Å²) in [6, 6.07) is 17.8. The number of aryl methyl sites for hydroxylation is 1. The highest BCUT2D eigenvalue weighted by Gasteiger charge is 2.37. The number of piperidine rings is 1. The second-order valence-electron chi connectivity index (χ2n) is 7.06. The number of aromatic nitrogens is 3. The highest BCUT2D eigenvalue weighted by molar-refractivity contribution is 6.30. The number of hydrogen-bond acceptors (Lipinski definition) is 4. The molecule has 0 radical (unpaired) electrons. The van der Waals surface area contributed by atoms with Gasteiger partial charge in [0, 0.05) is 18.1 Å². The van der Waals surface area contributed by atoms with Crippen LogP contribution < -0.4 is 10.2 Å². The normalized spacial score (nSPS) is 16.0. The van der Waals surface area contributed by atoms with Gasteiger partial charge in [0.25, 0.3) is 0 Å². The van der Waals surface area contributed by atoms with E-state index in [-0.39, 0.29) is 5.54 Å². The molecule has 6 nitrogen and oxygen atoms in total. The molecule has 1 saturated heterocycles. The molecule has 144 valence electrons. The molecule has 0 atom stereocenters. The smallest absolute Gasteiger partial charge is 0.231 e. The monoisotopic (exact) mass is 395 g/mol. The van der Waals surface area contributed by atoms with Crippen LogP contribution in [0.1, 0.15) is 24.2 Å². The fourth-order valence-corrected chi connectivity index (χ4v) is 4.05. The molecular weight excluding hydrogens is 374 g/mol. The third-order valence-corrected chi connectivity index (χ3v) is 5.71. The van der Waals surface area contributed by atoms with Gasteiger partial charge in [-0.3, -0.25) is 9.36 Å². The molecule has 0 aliphatic carbocycles. The van der Waals surface area contributed by atoms with E-state index in [4.69, 9.17) is 11.6 Å². The van der Waals surface area contributed by atoms with Crippen LogP contribution in [0.25, 0.3) is 5.69 Å². The maximum absolute atomic E-state index is 11.3. The number of benzene rings is 2. The van der Waals surface area contributed by atoms with Crippen molar-refractivity contribution < 1.29 is 4.79 Å². The highest BCUT2D eigenvalue weighted by Crippen LogP contribution is 2.34. The van der Waals surface area contributed by atoms with E-state index in [0.717, 1.165) is 55.4 Å². The van der Waals surface area contributed by atoms with Gasteiger partial charge < -0.3 is 10.2 Å². The van der Waals surface area contributed by atoms with Gasteiger partial charge in [-0.05, 0) is 49.6 Å². The van der Waals surface area contributed by atoms with E-state index >= 15 is 0 Å². The fourth-order valence-electron chi connectivity index (χ4n) is 3.92. The van der Waals surface area contributed by atoms with E-state index in [1.807, 2.05) is 54.0 Å². The lowest BCUT2D eigenvalue weighted by molar-refractivity contribution is -0.111. The van der Waals surface area contributed by atoms with Crippen molar-refractivity contribution in [2.45, 2.75) is 25.3 Å². The number of hydrogen-bond donors (Lipinski definition) is 1. The predicted molar refractivity (Wildman–Crippen MR) is 110 cm³/mol. The Labute approximate surface area is 169 Å². The lowest BCUT2D eigenvalue weighted by Gasteiger charge is -2.42. The van der Waals surface area contributed by atoms with Crippen molar-refractivity contribution in [3.8, 4) is 5.69 Å². The summed E-state index contributed by atoms with van der Waals surface area (Å²) < 4.78 is 2.04. The van der Waals surface area contributed by atoms with Crippen molar-refractivity contribution in [1.29, 1.82) is 0 Å². The topological polar surface area (TPSA) is 63.1 Å². The molecular formula is C21H22ClN5O. The molecule has 1 aliphatic heterocycles. The van der Waals surface area contributed by atoms with Crippen LogP contribution >= 0.6 is 11.6 Å². The molecule has 0 bridgehead atoms. The minimum Gasteiger partial charge on any atom is -0.349 e. The van der Waals surface area contributed by atoms with E-state index in [0.29, 0.717) is 5.02 Å². The molecule has 4 rings (SSSR count). The zero-order chi connectivity index (χ0) is 19.6. The number of nitrogens with zero attached hydrogens (tertiary/aromatic N) is 4. The molecule has 0 saturated carbocycles. The van der Waals surface area contributed by atoms with Crippen LogP contribution in [0, 0.1) is 6.92 Å². The average molecular weight is 396 g/mol. The van der Waals surface area contributed by atoms with Crippen molar-refractivity contribution in [2.75, 3.05) is 18.0 Å². The first-order valence-electron chi connectivity index (χ1n) is 9.33. The van der Waals surface area contributed by atoms with E-state index in [1.165, 1.54) is 0 Å². The van der Waals surface area contributed by atoms with Crippen LogP contribution in [-0.2, 0) is 10.3 Å². The first-order valence-corrected chi connectivity index (χ1v) is 9.70. The minimum atomic E-state index is -0.348. The van der Waals surface area contributed by atoms with Gasteiger partial charge >= 0.3 is 0 Å². The van der Waals surface area contributed by atoms with Crippen molar-refractivity contribution in [1.82, 2.24) is 20.1 Å². The molecule has 1 fully saturated rings. The van der Waals surface area contributed by atoms with Gasteiger partial charge in [0.1, 0.15) is 5.82 Å². The van der Waals surface area contributed by atoms with Gasteiger partial charge in [0.15, 0.2) is 0 Å². The summed E-state index contributed by atoms with van der Waals surface area (Å²) in [6.07, 6.45) is 2.40. The van der Waals surface area contributed by atoms with Crippen LogP contribution in [0.3, 0.4) is 0 Å². The first-order chi connectivity index (χ1) is 13.6. The summed E-state index contributed by atoms with van der Waals surface area (Å²) in [4.78, 5) is 13.5. The number of rotatable bonds is 5. The van der Waals surface area contributed by atoms with Gasteiger partial charge in [0.05, 0.1) is 11.2 Å². The van der Waals surface area contributed by atoms with Gasteiger partial charge in [-0.1, -0.05) is 41.9 Å². The number of carbonyl (C=O) groups is 1. The van der Waals surface area contributed by atoms with E-state index in [9.17, 15) is 4.79 Å². The predicted octanol–water partition coefficient (Wildman–Crippen LogP) is 3.47. The first kappa shape index (κ1) is 18.5. The standard InChI is InChI=1S/C21H22ClN5O/c1-16-24-25-20(27(16)19-9-7-18(22)8-10-19)26-13-11-21(12-14-26,23-15-28)17-5-3-2-4-6-17/h2-10,15H,11-14H2,1H3,(H,23,28). The minimum absolute atomic E-state index is 0.348. The average Bonchev–Trinajstić information content (AvgIpc) is 3.11. The second kappa shape index (κ2) is 7.64. The molecule has 1 amide bonds. The zero-order valence-corrected chi connectivity index (χ0v) is 16.4. The van der Waals surface area contributed by atoms with Gasteiger partial charge in [-0.2, -0.15) is 0 Å². The molecule has 0 unspecified atom stereocenters. The Bertz CT molecular complexity index is 947. The SMILES string of the molecule is Cc1nnc(N2CCC(NC=O)(c3ccccc3)CC2)n1-c1ccc(Cl)cc1. The molecule has 1 aromatic heterocycles. The van der Waals surface area contributed by atoms with Crippen LogP contribution in [0.4, 0.5) is 5.95 Å². The number of halogens is 1. The van der Waals surface area contributed by atoms with Crippen molar-refractivity contribution in [3.63, 3.8) is 0 Å². The van der Waals surface area contributed by atoms with Crippen molar-refractivity contribution in [2.24, 2.45) is 0 Å². The molecule has 2 heterocycles. The number of carbonyl (C=O) groups excluding carboxylic acids is 1. The van der Waals surface area contributed by atoms with Gasteiger partial charge in [-0.25, -0.2) is 0 Å². The summed E-state index contributed by atoms with van der Waals surface area (Å²) in [5.41, 5.74) is 1.77. The molecule has 7 heteroatoms. The second-order valence-corrected chi connectivity index (χ2v) is 7.49. The fraction of sp³-hybridized carbons (Fsp3) is 0.286. The Morgan fingerprint density at radius 2 is 1.71 bits per heavy atom. The maximum atomic E-state index is 11.3. The lowest BCUT2D eigenvalue weighted by Crippen LogP contribution is -2.51. The van der Waals surface area contributed by atoms with Crippen LogP contribution in [0.2, 0.25) is 5.02 Å². The molecule has 1 N–H and O–H groups in total. The Kier molecular flexibility index (Phi) is 5.05. The summed E-state index contributed by atoms with van der Waals surface area (Å²) >= 11 is 6.03. The van der Waals surface area contributed by atoms with E-state index in [1.54, 1.807) is 0 Å². The van der Waals surface area contributed by atoms with Gasteiger partial charge in [-0.15, -0.1) is 10.2 Å². The van der Waals surface area contributed by atoms with Crippen LogP contribution in [-0.4, -0.2) is 34.3 Å². The van der Waals surface area contributed by atoms with Crippen LogP contribution in [0.5, 0.6) is 0 Å². The quantitative estimate of drug-likeness (QED) is 0.672.